The minimum Gasteiger partial charge on any atom is -0.439 e. The number of benzene rings is 1. The van der Waals surface area contributed by atoms with Gasteiger partial charge in [0.1, 0.15) is 5.52 Å². The molecule has 1 aromatic heterocycles. The molecule has 68 valence electrons. The van der Waals surface area contributed by atoms with Crippen molar-refractivity contribution < 1.29 is 4.42 Å². The van der Waals surface area contributed by atoms with Gasteiger partial charge >= 0.3 is 0 Å². The van der Waals surface area contributed by atoms with Crippen molar-refractivity contribution >= 4 is 16.8 Å². The predicted molar refractivity (Wildman–Crippen MR) is 51.2 cm³/mol. The summed E-state index contributed by atoms with van der Waals surface area (Å²) in [5.41, 5.74) is 7.86. The summed E-state index contributed by atoms with van der Waals surface area (Å²) in [7, 11) is 1.85. The lowest BCUT2D eigenvalue weighted by Crippen LogP contribution is -2.04. The van der Waals surface area contributed by atoms with Crippen molar-refractivity contribution in [1.29, 1.82) is 0 Å². The Labute approximate surface area is 75.7 Å². The van der Waals surface area contributed by atoms with Crippen molar-refractivity contribution in [3.63, 3.8) is 0 Å². The fourth-order valence-corrected chi connectivity index (χ4v) is 1.24. The molecule has 1 heterocycles. The van der Waals surface area contributed by atoms with Gasteiger partial charge in [0.15, 0.2) is 5.58 Å². The smallest absolute Gasteiger partial charge is 0.209 e. The molecule has 0 unspecified atom stereocenters. The second-order valence-electron chi connectivity index (χ2n) is 2.83. The highest BCUT2D eigenvalue weighted by Gasteiger charge is 2.06. The number of oxazole rings is 1. The van der Waals surface area contributed by atoms with Crippen LogP contribution in [0.4, 0.5) is 5.69 Å². The molecule has 2 rings (SSSR count). The van der Waals surface area contributed by atoms with Crippen LogP contribution in [0.2, 0.25) is 0 Å². The first-order valence-electron chi connectivity index (χ1n) is 4.10. The van der Waals surface area contributed by atoms with Gasteiger partial charge in [-0.2, -0.15) is 0 Å². The number of aromatic nitrogens is 1. The molecule has 0 aliphatic heterocycles. The van der Waals surface area contributed by atoms with Gasteiger partial charge in [-0.15, -0.1) is 0 Å². The van der Waals surface area contributed by atoms with Crippen LogP contribution in [0.1, 0.15) is 5.89 Å². The van der Waals surface area contributed by atoms with Crippen LogP contribution < -0.4 is 11.1 Å². The van der Waals surface area contributed by atoms with Gasteiger partial charge in [-0.05, 0) is 19.2 Å². The largest absolute Gasteiger partial charge is 0.439 e. The van der Waals surface area contributed by atoms with E-state index in [1.54, 1.807) is 0 Å². The van der Waals surface area contributed by atoms with E-state index < -0.39 is 0 Å². The summed E-state index contributed by atoms with van der Waals surface area (Å²) in [6.07, 6.45) is 0. The van der Waals surface area contributed by atoms with Gasteiger partial charge in [0.25, 0.3) is 0 Å². The van der Waals surface area contributed by atoms with Gasteiger partial charge in [-0.3, -0.25) is 0 Å². The zero-order valence-corrected chi connectivity index (χ0v) is 7.37. The van der Waals surface area contributed by atoms with Crippen LogP contribution in [0, 0.1) is 0 Å². The molecule has 0 aliphatic carbocycles. The van der Waals surface area contributed by atoms with E-state index in [1.165, 1.54) is 0 Å². The lowest BCUT2D eigenvalue weighted by atomic mass is 10.3. The predicted octanol–water partition coefficient (Wildman–Crippen LogP) is 1.13. The molecule has 0 spiro atoms. The highest BCUT2D eigenvalue weighted by molar-refractivity contribution is 5.85. The Morgan fingerprint density at radius 3 is 3.08 bits per heavy atom. The number of nitrogens with two attached hydrogens (primary N) is 1. The monoisotopic (exact) mass is 177 g/mol. The van der Waals surface area contributed by atoms with Gasteiger partial charge in [0.2, 0.25) is 5.89 Å². The maximum Gasteiger partial charge on any atom is 0.209 e. The Bertz CT molecular complexity index is 422. The van der Waals surface area contributed by atoms with Crippen molar-refractivity contribution in [2.45, 2.75) is 6.54 Å². The Kier molecular flexibility index (Phi) is 1.90. The Hall–Kier alpha value is -1.55. The third kappa shape index (κ3) is 1.36. The minimum atomic E-state index is 0.619. The number of rotatable bonds is 2. The number of para-hydroxylation sites is 1. The molecule has 0 radical (unpaired) electrons. The number of nitrogens with one attached hydrogen (secondary N) is 1. The van der Waals surface area contributed by atoms with Crippen molar-refractivity contribution in [3.05, 3.63) is 24.1 Å². The number of nitrogens with zero attached hydrogens (tertiary/aromatic N) is 1. The second kappa shape index (κ2) is 3.06. The van der Waals surface area contributed by atoms with Gasteiger partial charge in [-0.1, -0.05) is 6.07 Å². The molecule has 0 saturated heterocycles. The summed E-state index contributed by atoms with van der Waals surface area (Å²) in [6.45, 7) is 0.619. The van der Waals surface area contributed by atoms with E-state index >= 15 is 0 Å². The molecule has 0 amide bonds. The van der Waals surface area contributed by atoms with Crippen LogP contribution in [0.5, 0.6) is 0 Å². The molecule has 2 aromatic rings. The van der Waals surface area contributed by atoms with Crippen LogP contribution in [-0.4, -0.2) is 12.0 Å². The van der Waals surface area contributed by atoms with Crippen LogP contribution in [-0.2, 0) is 6.54 Å². The van der Waals surface area contributed by atoms with E-state index in [9.17, 15) is 0 Å². The molecule has 0 saturated carbocycles. The van der Waals surface area contributed by atoms with Crippen LogP contribution in [0.15, 0.2) is 22.6 Å². The number of anilines is 1. The maximum absolute atomic E-state index is 5.72. The van der Waals surface area contributed by atoms with E-state index in [-0.39, 0.29) is 0 Å². The van der Waals surface area contributed by atoms with Crippen LogP contribution in [0.25, 0.3) is 11.1 Å². The first-order valence-corrected chi connectivity index (χ1v) is 4.10. The van der Waals surface area contributed by atoms with Crippen LogP contribution >= 0.6 is 0 Å². The average Bonchev–Trinajstić information content (AvgIpc) is 2.49. The van der Waals surface area contributed by atoms with Crippen LogP contribution in [0.3, 0.4) is 0 Å². The molecular weight excluding hydrogens is 166 g/mol. The summed E-state index contributed by atoms with van der Waals surface area (Å²) in [6, 6.07) is 5.53. The molecule has 0 bridgehead atoms. The number of hydrogen-bond donors (Lipinski definition) is 2. The lowest BCUT2D eigenvalue weighted by molar-refractivity contribution is 0.511. The van der Waals surface area contributed by atoms with Gasteiger partial charge in [0, 0.05) is 0 Å². The zero-order chi connectivity index (χ0) is 9.26. The first-order chi connectivity index (χ1) is 6.31. The highest BCUT2D eigenvalue weighted by atomic mass is 16.3. The Balaban J connectivity index is 2.55. The van der Waals surface area contributed by atoms with E-state index in [0.717, 1.165) is 11.1 Å². The Morgan fingerprint density at radius 2 is 2.38 bits per heavy atom. The van der Waals surface area contributed by atoms with E-state index in [4.69, 9.17) is 10.2 Å². The molecule has 13 heavy (non-hydrogen) atoms. The topological polar surface area (TPSA) is 64.1 Å². The molecular formula is C9H11N3O. The summed E-state index contributed by atoms with van der Waals surface area (Å²) in [5.74, 6) is 0.662. The Morgan fingerprint density at radius 1 is 1.54 bits per heavy atom. The van der Waals surface area contributed by atoms with Gasteiger partial charge in [-0.25, -0.2) is 4.98 Å². The van der Waals surface area contributed by atoms with Crippen molar-refractivity contribution in [3.8, 4) is 0 Å². The van der Waals surface area contributed by atoms with Crippen molar-refractivity contribution in [1.82, 2.24) is 10.3 Å². The number of fused-ring (bicyclic) bond motifs is 1. The molecule has 0 atom stereocenters. The molecule has 4 nitrogen and oxygen atoms in total. The summed E-state index contributed by atoms with van der Waals surface area (Å²) < 4.78 is 5.44. The molecule has 3 N–H and O–H groups in total. The summed E-state index contributed by atoms with van der Waals surface area (Å²) in [4.78, 5) is 4.25. The molecule has 1 aromatic carbocycles. The quantitative estimate of drug-likeness (QED) is 0.675. The lowest BCUT2D eigenvalue weighted by Gasteiger charge is -1.89. The zero-order valence-electron chi connectivity index (χ0n) is 7.37. The standard InChI is InChI=1S/C9H11N3O/c1-11-5-8-12-9-6(10)3-2-4-7(9)13-8/h2-4,11H,5,10H2,1H3. The van der Waals surface area contributed by atoms with Gasteiger partial charge < -0.3 is 15.5 Å². The second-order valence-corrected chi connectivity index (χ2v) is 2.83. The van der Waals surface area contributed by atoms with E-state index in [0.29, 0.717) is 18.1 Å². The first kappa shape index (κ1) is 8.07. The van der Waals surface area contributed by atoms with Crippen molar-refractivity contribution in [2.75, 3.05) is 12.8 Å². The third-order valence-corrected chi connectivity index (χ3v) is 1.82. The van der Waals surface area contributed by atoms with E-state index in [2.05, 4.69) is 10.3 Å². The fourth-order valence-electron chi connectivity index (χ4n) is 1.24. The molecule has 0 aliphatic rings. The number of hydrogen-bond acceptors (Lipinski definition) is 4. The molecule has 0 fully saturated rings. The average molecular weight is 177 g/mol. The minimum absolute atomic E-state index is 0.619. The highest BCUT2D eigenvalue weighted by Crippen LogP contribution is 2.20. The maximum atomic E-state index is 5.72. The fraction of sp³-hybridized carbons (Fsp3) is 0.222. The summed E-state index contributed by atoms with van der Waals surface area (Å²) >= 11 is 0. The third-order valence-electron chi connectivity index (χ3n) is 1.82. The molecule has 4 heteroatoms. The SMILES string of the molecule is CNCc1nc2c(N)cccc2o1. The normalized spacial score (nSPS) is 10.8. The van der Waals surface area contributed by atoms with Gasteiger partial charge in [0.05, 0.1) is 12.2 Å². The van der Waals surface area contributed by atoms with Crippen molar-refractivity contribution in [2.24, 2.45) is 0 Å². The number of nitrogen functional groups attached to an aromatic ring is 1. The van der Waals surface area contributed by atoms with E-state index in [1.807, 2.05) is 25.2 Å². The summed E-state index contributed by atoms with van der Waals surface area (Å²) in [5, 5.41) is 2.97.